The second-order valence-electron chi connectivity index (χ2n) is 4.09. The Balaban J connectivity index is 1.91. The zero-order valence-corrected chi connectivity index (χ0v) is 11.4. The number of benzene rings is 1. The van der Waals surface area contributed by atoms with Crippen molar-refractivity contribution in [1.29, 1.82) is 0 Å². The molecule has 0 saturated heterocycles. The molecule has 19 heavy (non-hydrogen) atoms. The summed E-state index contributed by atoms with van der Waals surface area (Å²) in [6.07, 6.45) is 0. The van der Waals surface area contributed by atoms with Crippen LogP contribution in [0.25, 0.3) is 0 Å². The van der Waals surface area contributed by atoms with E-state index in [0.717, 1.165) is 5.56 Å². The molecule has 0 amide bonds. The van der Waals surface area contributed by atoms with Gasteiger partial charge in [0.2, 0.25) is 5.89 Å². The summed E-state index contributed by atoms with van der Waals surface area (Å²) in [5, 5.41) is 7.73. The molecule has 2 heterocycles. The van der Waals surface area contributed by atoms with Crippen LogP contribution in [0.15, 0.2) is 38.8 Å². The van der Waals surface area contributed by atoms with E-state index in [1.807, 2.05) is 12.1 Å². The first-order valence-electron chi connectivity index (χ1n) is 5.61. The highest BCUT2D eigenvalue weighted by Gasteiger charge is 2.35. The van der Waals surface area contributed by atoms with Gasteiger partial charge in [0.1, 0.15) is 0 Å². The summed E-state index contributed by atoms with van der Waals surface area (Å²) >= 11 is 1.26. The number of nitrogens with zero attached hydrogens (tertiary/aromatic N) is 2. The summed E-state index contributed by atoms with van der Waals surface area (Å²) in [4.78, 5) is 0.395. The molecule has 0 radical (unpaired) electrons. The Hall–Kier alpha value is -1.38. The standard InChI is InChI=1S/C11H11N3O3S2/c12-5-10-13-14-11(17-10)18-8-6-19(15,16)9-4-2-1-3-7(8)9/h1-4,8H,5-6,12H2. The van der Waals surface area contributed by atoms with Crippen molar-refractivity contribution in [3.8, 4) is 0 Å². The summed E-state index contributed by atoms with van der Waals surface area (Å²) in [6.45, 7) is 0.174. The summed E-state index contributed by atoms with van der Waals surface area (Å²) in [5.41, 5.74) is 6.18. The van der Waals surface area contributed by atoms with Gasteiger partial charge in [-0.05, 0) is 11.6 Å². The molecule has 0 fully saturated rings. The Morgan fingerprint density at radius 1 is 1.37 bits per heavy atom. The molecule has 0 aliphatic carbocycles. The average Bonchev–Trinajstić information content (AvgIpc) is 2.94. The monoisotopic (exact) mass is 297 g/mol. The number of aromatic nitrogens is 2. The lowest BCUT2D eigenvalue weighted by Crippen LogP contribution is -2.01. The third-order valence-electron chi connectivity index (χ3n) is 2.84. The van der Waals surface area contributed by atoms with Crippen LogP contribution in [0.2, 0.25) is 0 Å². The predicted molar refractivity (Wildman–Crippen MR) is 69.3 cm³/mol. The lowest BCUT2D eigenvalue weighted by atomic mass is 10.2. The van der Waals surface area contributed by atoms with Crippen molar-refractivity contribution in [1.82, 2.24) is 10.2 Å². The maximum atomic E-state index is 12.0. The Bertz CT molecular complexity index is 711. The van der Waals surface area contributed by atoms with Crippen molar-refractivity contribution >= 4 is 21.6 Å². The maximum absolute atomic E-state index is 12.0. The molecule has 0 saturated carbocycles. The average molecular weight is 297 g/mol. The third kappa shape index (κ3) is 2.26. The smallest absolute Gasteiger partial charge is 0.277 e. The van der Waals surface area contributed by atoms with Crippen LogP contribution in [0.3, 0.4) is 0 Å². The minimum Gasteiger partial charge on any atom is -0.415 e. The zero-order chi connectivity index (χ0) is 13.5. The molecule has 3 rings (SSSR count). The summed E-state index contributed by atoms with van der Waals surface area (Å²) in [7, 11) is -3.21. The van der Waals surface area contributed by atoms with Crippen molar-refractivity contribution in [2.45, 2.75) is 21.9 Å². The normalized spacial score (nSPS) is 20.4. The van der Waals surface area contributed by atoms with Crippen LogP contribution in [0.1, 0.15) is 16.7 Å². The predicted octanol–water partition coefficient (Wildman–Crippen LogP) is 1.15. The molecule has 1 aliphatic rings. The minimum atomic E-state index is -3.21. The van der Waals surface area contributed by atoms with Gasteiger partial charge < -0.3 is 10.2 Å². The molecule has 0 bridgehead atoms. The molecule has 1 unspecified atom stereocenters. The van der Waals surface area contributed by atoms with Gasteiger partial charge in [-0.25, -0.2) is 8.42 Å². The highest BCUT2D eigenvalue weighted by Crippen LogP contribution is 2.44. The Kier molecular flexibility index (Phi) is 3.08. The Morgan fingerprint density at radius 2 is 2.16 bits per heavy atom. The number of rotatable bonds is 3. The van der Waals surface area contributed by atoms with Gasteiger partial charge in [-0.15, -0.1) is 10.2 Å². The fraction of sp³-hybridized carbons (Fsp3) is 0.273. The quantitative estimate of drug-likeness (QED) is 0.907. The van der Waals surface area contributed by atoms with Gasteiger partial charge in [0.25, 0.3) is 5.22 Å². The van der Waals surface area contributed by atoms with Crippen LogP contribution in [-0.4, -0.2) is 24.4 Å². The van der Waals surface area contributed by atoms with Crippen LogP contribution >= 0.6 is 11.8 Å². The number of nitrogens with two attached hydrogens (primary N) is 1. The Morgan fingerprint density at radius 3 is 2.89 bits per heavy atom. The first kappa shape index (κ1) is 12.6. The van der Waals surface area contributed by atoms with Crippen LogP contribution in [-0.2, 0) is 16.4 Å². The minimum absolute atomic E-state index is 0.0529. The first-order chi connectivity index (χ1) is 9.10. The highest BCUT2D eigenvalue weighted by atomic mass is 32.2. The van der Waals surface area contributed by atoms with Gasteiger partial charge in [0, 0.05) is 0 Å². The van der Waals surface area contributed by atoms with Crippen molar-refractivity contribution < 1.29 is 12.8 Å². The van der Waals surface area contributed by atoms with Crippen molar-refractivity contribution in [2.75, 3.05) is 5.75 Å². The zero-order valence-electron chi connectivity index (χ0n) is 9.81. The Labute approximate surface area is 114 Å². The fourth-order valence-electron chi connectivity index (χ4n) is 2.00. The molecule has 100 valence electrons. The van der Waals surface area contributed by atoms with E-state index < -0.39 is 9.84 Å². The summed E-state index contributed by atoms with van der Waals surface area (Å²) in [5.74, 6) is 0.397. The highest BCUT2D eigenvalue weighted by molar-refractivity contribution is 8.01. The van der Waals surface area contributed by atoms with Crippen LogP contribution in [0.5, 0.6) is 0 Å². The molecule has 0 spiro atoms. The molecule has 8 heteroatoms. The van der Waals surface area contributed by atoms with E-state index in [4.69, 9.17) is 10.2 Å². The largest absolute Gasteiger partial charge is 0.415 e. The van der Waals surface area contributed by atoms with Crippen molar-refractivity contribution in [3.63, 3.8) is 0 Å². The second-order valence-corrected chi connectivity index (χ2v) is 7.25. The van der Waals surface area contributed by atoms with Gasteiger partial charge in [-0.3, -0.25) is 0 Å². The lowest BCUT2D eigenvalue weighted by molar-refractivity contribution is 0.414. The molecule has 1 aliphatic heterocycles. The molecule has 1 atom stereocenters. The summed E-state index contributed by atoms with van der Waals surface area (Å²) in [6, 6.07) is 7.00. The third-order valence-corrected chi connectivity index (χ3v) is 5.93. The van der Waals surface area contributed by atoms with Crippen molar-refractivity contribution in [3.05, 3.63) is 35.7 Å². The molecular formula is C11H11N3O3S2. The topological polar surface area (TPSA) is 99.1 Å². The molecule has 6 nitrogen and oxygen atoms in total. The summed E-state index contributed by atoms with van der Waals surface area (Å²) < 4.78 is 29.3. The molecular weight excluding hydrogens is 286 g/mol. The van der Waals surface area contributed by atoms with Crippen LogP contribution < -0.4 is 5.73 Å². The van der Waals surface area contributed by atoms with E-state index in [1.54, 1.807) is 12.1 Å². The van der Waals surface area contributed by atoms with Crippen molar-refractivity contribution in [2.24, 2.45) is 5.73 Å². The molecule has 1 aromatic heterocycles. The first-order valence-corrected chi connectivity index (χ1v) is 8.14. The van der Waals surface area contributed by atoms with Gasteiger partial charge in [0.05, 0.1) is 22.4 Å². The van der Waals surface area contributed by atoms with Gasteiger partial charge in [0.15, 0.2) is 9.84 Å². The van der Waals surface area contributed by atoms with E-state index >= 15 is 0 Å². The second kappa shape index (κ2) is 4.62. The van der Waals surface area contributed by atoms with E-state index in [9.17, 15) is 8.42 Å². The van der Waals surface area contributed by atoms with E-state index in [2.05, 4.69) is 10.2 Å². The van der Waals surface area contributed by atoms with Crippen LogP contribution in [0.4, 0.5) is 0 Å². The molecule has 2 aromatic rings. The maximum Gasteiger partial charge on any atom is 0.277 e. The number of hydrogen-bond acceptors (Lipinski definition) is 7. The SMILES string of the molecule is NCc1nnc(SC2CS(=O)(=O)c3ccccc32)o1. The molecule has 2 N–H and O–H groups in total. The van der Waals surface area contributed by atoms with Gasteiger partial charge >= 0.3 is 0 Å². The number of thioether (sulfide) groups is 1. The van der Waals surface area contributed by atoms with E-state index in [0.29, 0.717) is 16.0 Å². The van der Waals surface area contributed by atoms with E-state index in [-0.39, 0.29) is 17.5 Å². The van der Waals surface area contributed by atoms with Gasteiger partial charge in [-0.2, -0.15) is 0 Å². The fourth-order valence-corrected chi connectivity index (χ4v) is 5.30. The number of fused-ring (bicyclic) bond motifs is 1. The number of sulfone groups is 1. The van der Waals surface area contributed by atoms with Crippen LogP contribution in [0, 0.1) is 0 Å². The van der Waals surface area contributed by atoms with E-state index in [1.165, 1.54) is 11.8 Å². The lowest BCUT2D eigenvalue weighted by Gasteiger charge is -2.05. The number of hydrogen-bond donors (Lipinski definition) is 1. The van der Waals surface area contributed by atoms with Gasteiger partial charge in [-0.1, -0.05) is 30.0 Å². The molecule has 1 aromatic carbocycles.